The molecule has 3 aromatic rings. The first-order valence-corrected chi connectivity index (χ1v) is 15.5. The Morgan fingerprint density at radius 1 is 0.909 bits per heavy atom. The molecule has 5 rings (SSSR count). The van der Waals surface area contributed by atoms with Gasteiger partial charge in [0.15, 0.2) is 23.6 Å². The van der Waals surface area contributed by atoms with Crippen LogP contribution in [-0.2, 0) is 32.4 Å². The van der Waals surface area contributed by atoms with E-state index in [9.17, 15) is 38.3 Å². The largest absolute Gasteiger partial charge is 0.470 e. The fraction of sp³-hybridized carbons (Fsp3) is 0.526. The van der Waals surface area contributed by atoms with Gasteiger partial charge < -0.3 is 56.7 Å². The number of aromatic amines is 1. The van der Waals surface area contributed by atoms with Crippen LogP contribution in [0.4, 0.5) is 11.8 Å². The number of hydrogen-bond donors (Lipinski definition) is 9. The van der Waals surface area contributed by atoms with Crippen LogP contribution < -0.4 is 34.2 Å². The van der Waals surface area contributed by atoms with Gasteiger partial charge in [-0.05, 0) is 6.07 Å². The number of phosphoric acid groups is 2. The van der Waals surface area contributed by atoms with Crippen molar-refractivity contribution in [2.75, 3.05) is 24.7 Å². The molecule has 5 heterocycles. The number of phosphoric ester groups is 2. The second kappa shape index (κ2) is 12.0. The lowest BCUT2D eigenvalue weighted by Crippen LogP contribution is -2.44. The van der Waals surface area contributed by atoms with Gasteiger partial charge in [-0.3, -0.25) is 28.0 Å². The van der Waals surface area contributed by atoms with Gasteiger partial charge in [-0.25, -0.2) is 18.9 Å². The van der Waals surface area contributed by atoms with Gasteiger partial charge in [-0.2, -0.15) is 9.97 Å². The highest BCUT2D eigenvalue weighted by molar-refractivity contribution is 7.46. The molecule has 0 aromatic carbocycles. The Bertz CT molecular complexity index is 1740. The number of ether oxygens (including phenoxy) is 3. The third-order valence-corrected chi connectivity index (χ3v) is 7.76. The summed E-state index contributed by atoms with van der Waals surface area (Å²) in [6.07, 6.45) is -5.67. The van der Waals surface area contributed by atoms with E-state index < -0.39 is 82.5 Å². The highest BCUT2D eigenvalue weighted by Crippen LogP contribution is 2.45. The van der Waals surface area contributed by atoms with Gasteiger partial charge >= 0.3 is 21.3 Å². The van der Waals surface area contributed by atoms with E-state index in [4.69, 9.17) is 46.2 Å². The van der Waals surface area contributed by atoms with Crippen molar-refractivity contribution >= 4 is 38.6 Å². The minimum absolute atomic E-state index is 0.0808. The quantitative estimate of drug-likeness (QED) is 0.0929. The summed E-state index contributed by atoms with van der Waals surface area (Å²) < 4.78 is 52.6. The predicted molar refractivity (Wildman–Crippen MR) is 144 cm³/mol. The molecule has 2 aliphatic heterocycles. The molecule has 13 N–H and O–H groups in total. The molecule has 0 spiro atoms. The fourth-order valence-electron chi connectivity index (χ4n) is 4.89. The monoisotopic (exact) mass is 666 g/mol. The molecule has 0 bridgehead atoms. The third-order valence-electron chi connectivity index (χ3n) is 6.73. The molecule has 2 aliphatic rings. The summed E-state index contributed by atoms with van der Waals surface area (Å²) in [5.74, 6) is -0.348. The highest BCUT2D eigenvalue weighted by atomic mass is 31.2. The number of aromatic nitrogens is 6. The molecule has 3 aromatic heterocycles. The van der Waals surface area contributed by atoms with Gasteiger partial charge in [0.05, 0.1) is 31.6 Å². The summed E-state index contributed by atoms with van der Waals surface area (Å²) in [7, 11) is -10.2. The molecule has 23 nitrogen and oxygen atoms in total. The Balaban J connectivity index is 1.34. The van der Waals surface area contributed by atoms with Crippen LogP contribution in [0.2, 0.25) is 0 Å². The molecule has 0 radical (unpaired) electrons. The number of fused-ring (bicyclic) bond motifs is 1. The number of anilines is 2. The van der Waals surface area contributed by atoms with Crippen molar-refractivity contribution in [3.05, 3.63) is 39.4 Å². The highest BCUT2D eigenvalue weighted by Gasteiger charge is 2.50. The number of hydrogen-bond acceptors (Lipinski definition) is 16. The van der Waals surface area contributed by atoms with Crippen LogP contribution in [-0.4, -0.2) is 98.4 Å². The molecule has 0 saturated carbocycles. The summed E-state index contributed by atoms with van der Waals surface area (Å²) in [6.45, 7) is -0.817. The lowest BCUT2D eigenvalue weighted by atomic mass is 10.1. The van der Waals surface area contributed by atoms with Gasteiger partial charge in [0.2, 0.25) is 5.95 Å². The first-order chi connectivity index (χ1) is 20.5. The SMILES string of the molecule is Nc1ccn([C@@H]2O[C@H](COC[C@H]3O[C@@H](n4cnc5c(=O)[nH]c(N)nc54)[C@H](OP(=O)(O)O)[C@@H]3N)[C@@H](OP(=O)(O)O)[C@H]2N)c(=O)n1. The third kappa shape index (κ3) is 6.74. The predicted octanol–water partition coefficient (Wildman–Crippen LogP) is -4.04. The number of nitrogens with zero attached hydrogens (tertiary/aromatic N) is 5. The smallest absolute Gasteiger partial charge is 0.383 e. The Kier molecular flexibility index (Phi) is 8.78. The van der Waals surface area contributed by atoms with Crippen molar-refractivity contribution in [2.45, 2.75) is 49.0 Å². The number of rotatable bonds is 10. The van der Waals surface area contributed by atoms with Crippen LogP contribution in [0.25, 0.3) is 11.2 Å². The van der Waals surface area contributed by atoms with Crippen LogP contribution in [0.1, 0.15) is 12.5 Å². The Hall–Kier alpha value is -3.15. The van der Waals surface area contributed by atoms with Crippen LogP contribution in [0.3, 0.4) is 0 Å². The summed E-state index contributed by atoms with van der Waals surface area (Å²) in [5.41, 5.74) is 21.7. The zero-order valence-corrected chi connectivity index (χ0v) is 24.0. The van der Waals surface area contributed by atoms with Crippen molar-refractivity contribution in [2.24, 2.45) is 11.5 Å². The van der Waals surface area contributed by atoms with E-state index in [1.807, 2.05) is 0 Å². The first kappa shape index (κ1) is 32.2. The summed E-state index contributed by atoms with van der Waals surface area (Å²) in [6, 6.07) is -1.24. The molecule has 0 amide bonds. The molecule has 0 aliphatic carbocycles. The van der Waals surface area contributed by atoms with Gasteiger partial charge in [0.25, 0.3) is 5.56 Å². The second-order valence-corrected chi connectivity index (χ2v) is 12.1. The standard InChI is InChI=1S/C19H28N10O13P2/c20-8-1-2-28(19(31)25-8)16-10(22)12(41-43(32,33)34)7(40-16)4-38-3-6-9(21)13(42-44(35,36)37)17(39-6)29-5-24-11-14(29)26-18(23)27-15(11)30/h1-2,5-7,9-10,12-13,16-17H,3-4,21-22H2,(H2,20,25,31)(H2,32,33,34)(H2,35,36,37)(H3,23,26,27,30)/t6-,7-,9-,10-,12-,13-,16-,17-/m1/s1. The number of imidazole rings is 1. The molecule has 8 atom stereocenters. The van der Waals surface area contributed by atoms with Crippen LogP contribution in [0.5, 0.6) is 0 Å². The molecule has 44 heavy (non-hydrogen) atoms. The van der Waals surface area contributed by atoms with Crippen molar-refractivity contribution < 1.29 is 52.0 Å². The number of nitrogen functional groups attached to an aromatic ring is 2. The maximum absolute atomic E-state index is 12.3. The van der Waals surface area contributed by atoms with E-state index in [1.54, 1.807) is 0 Å². The van der Waals surface area contributed by atoms with Crippen molar-refractivity contribution in [1.29, 1.82) is 0 Å². The Labute approximate surface area is 244 Å². The Morgan fingerprint density at radius 2 is 1.55 bits per heavy atom. The minimum atomic E-state index is -5.13. The van der Waals surface area contributed by atoms with Gasteiger partial charge in [-0.1, -0.05) is 0 Å². The van der Waals surface area contributed by atoms with E-state index in [0.29, 0.717) is 0 Å². The summed E-state index contributed by atoms with van der Waals surface area (Å²) in [4.78, 5) is 76.2. The van der Waals surface area contributed by atoms with E-state index in [1.165, 1.54) is 12.3 Å². The molecule has 2 fully saturated rings. The van der Waals surface area contributed by atoms with Gasteiger partial charge in [-0.15, -0.1) is 0 Å². The zero-order chi connectivity index (χ0) is 32.1. The van der Waals surface area contributed by atoms with Crippen LogP contribution in [0, 0.1) is 0 Å². The fourth-order valence-corrected chi connectivity index (χ4v) is 6.05. The maximum Gasteiger partial charge on any atom is 0.470 e. The van der Waals surface area contributed by atoms with Crippen molar-refractivity contribution in [1.82, 2.24) is 29.1 Å². The molecule has 2 saturated heterocycles. The normalized spacial score (nSPS) is 29.5. The first-order valence-electron chi connectivity index (χ1n) is 12.5. The lowest BCUT2D eigenvalue weighted by Gasteiger charge is -2.23. The average Bonchev–Trinajstić information content (AvgIpc) is 3.53. The molecular formula is C19H28N10O13P2. The van der Waals surface area contributed by atoms with Crippen LogP contribution in [0.15, 0.2) is 28.2 Å². The van der Waals surface area contributed by atoms with E-state index in [2.05, 4.69) is 19.9 Å². The van der Waals surface area contributed by atoms with Gasteiger partial charge in [0, 0.05) is 6.20 Å². The topological polar surface area (TPSA) is 364 Å². The molecule has 242 valence electrons. The minimum Gasteiger partial charge on any atom is -0.383 e. The van der Waals surface area contributed by atoms with Crippen LogP contribution >= 0.6 is 15.6 Å². The van der Waals surface area contributed by atoms with E-state index in [-0.39, 0.29) is 29.5 Å². The second-order valence-electron chi connectivity index (χ2n) is 9.76. The molecular weight excluding hydrogens is 638 g/mol. The zero-order valence-electron chi connectivity index (χ0n) is 22.2. The lowest BCUT2D eigenvalue weighted by molar-refractivity contribution is -0.0920. The van der Waals surface area contributed by atoms with Gasteiger partial charge in [0.1, 0.15) is 30.2 Å². The Morgan fingerprint density at radius 3 is 2.20 bits per heavy atom. The number of nitrogens with two attached hydrogens (primary N) is 4. The molecule has 0 unspecified atom stereocenters. The maximum atomic E-state index is 12.3. The van der Waals surface area contributed by atoms with Crippen molar-refractivity contribution in [3.63, 3.8) is 0 Å². The summed E-state index contributed by atoms with van der Waals surface area (Å²) in [5, 5.41) is 0. The molecule has 25 heteroatoms. The van der Waals surface area contributed by atoms with Crippen molar-refractivity contribution in [3.8, 4) is 0 Å². The van der Waals surface area contributed by atoms with E-state index in [0.717, 1.165) is 15.5 Å². The van der Waals surface area contributed by atoms with E-state index >= 15 is 0 Å². The number of nitrogens with one attached hydrogen (secondary N) is 1. The average molecular weight is 666 g/mol. The number of H-pyrrole nitrogens is 1. The summed E-state index contributed by atoms with van der Waals surface area (Å²) >= 11 is 0.